The minimum atomic E-state index is -0.463. The highest BCUT2D eigenvalue weighted by Crippen LogP contribution is 1.93. The molecule has 0 spiro atoms. The summed E-state index contributed by atoms with van der Waals surface area (Å²) in [7, 11) is 0. The van der Waals surface area contributed by atoms with Crippen LogP contribution in [0.5, 0.6) is 0 Å². The number of hydrogen-bond donors (Lipinski definition) is 0. The lowest BCUT2D eigenvalue weighted by Crippen LogP contribution is -1.81. The van der Waals surface area contributed by atoms with Crippen LogP contribution >= 0.6 is 0 Å². The topological polar surface area (TPSA) is 25.8 Å². The Bertz CT molecular complexity index is 152. The van der Waals surface area contributed by atoms with E-state index in [1.165, 1.54) is 12.4 Å². The summed E-state index contributed by atoms with van der Waals surface area (Å²) in [5.41, 5.74) is 0.569. The van der Waals surface area contributed by atoms with Crippen molar-refractivity contribution in [2.45, 2.75) is 6.67 Å². The highest BCUT2D eigenvalue weighted by atomic mass is 19.1. The fourth-order valence-corrected chi connectivity index (χ4v) is 0.397. The van der Waals surface area contributed by atoms with Gasteiger partial charge in [-0.1, -0.05) is 0 Å². The minimum absolute atomic E-state index is 0.463. The molecule has 1 heterocycles. The number of nitrogens with zero attached hydrogens (tertiary/aromatic N) is 2. The van der Waals surface area contributed by atoms with E-state index in [9.17, 15) is 4.39 Å². The number of aromatic nitrogens is 2. The predicted octanol–water partition coefficient (Wildman–Crippen LogP) is 0.946. The molecule has 0 aliphatic heterocycles. The second kappa shape index (κ2) is 2.35. The Hall–Kier alpha value is -0.990. The molecule has 0 fully saturated rings. The quantitative estimate of drug-likeness (QED) is 0.540. The lowest BCUT2D eigenvalue weighted by atomic mass is 10.3. The molecule has 0 atom stereocenters. The molecule has 0 aliphatic carbocycles. The summed E-state index contributed by atoms with van der Waals surface area (Å²) >= 11 is 0. The second-order valence-corrected chi connectivity index (χ2v) is 1.38. The predicted molar refractivity (Wildman–Crippen MR) is 26.8 cm³/mol. The average Bonchev–Trinajstić information content (AvgIpc) is 1.90. The van der Waals surface area contributed by atoms with Crippen LogP contribution in [0.4, 0.5) is 4.39 Å². The third-order valence-electron chi connectivity index (χ3n) is 0.800. The van der Waals surface area contributed by atoms with Crippen LogP contribution in [0.15, 0.2) is 18.5 Å². The van der Waals surface area contributed by atoms with Crippen LogP contribution in [-0.2, 0) is 6.67 Å². The molecule has 0 bridgehead atoms. The molecule has 0 aromatic carbocycles. The van der Waals surface area contributed by atoms with E-state index in [1.54, 1.807) is 6.07 Å². The smallest absolute Gasteiger partial charge is 0.116 e. The summed E-state index contributed by atoms with van der Waals surface area (Å²) in [5, 5.41) is 6.94. The van der Waals surface area contributed by atoms with Gasteiger partial charge in [0.2, 0.25) is 0 Å². The third kappa shape index (κ3) is 0.992. The fourth-order valence-electron chi connectivity index (χ4n) is 0.397. The van der Waals surface area contributed by atoms with Crippen molar-refractivity contribution >= 4 is 0 Å². The van der Waals surface area contributed by atoms with Crippen molar-refractivity contribution in [1.29, 1.82) is 0 Å². The summed E-state index contributed by atoms with van der Waals surface area (Å²) in [6, 6.07) is 1.59. The molecule has 0 unspecified atom stereocenters. The maximum absolute atomic E-state index is 11.7. The first-order valence-electron chi connectivity index (χ1n) is 2.25. The van der Waals surface area contributed by atoms with Gasteiger partial charge in [0.25, 0.3) is 0 Å². The van der Waals surface area contributed by atoms with E-state index in [0.717, 1.165) is 0 Å². The van der Waals surface area contributed by atoms with Crippen molar-refractivity contribution in [3.8, 4) is 0 Å². The van der Waals surface area contributed by atoms with Crippen molar-refractivity contribution in [2.24, 2.45) is 0 Å². The minimum Gasteiger partial charge on any atom is -0.246 e. The summed E-state index contributed by atoms with van der Waals surface area (Å²) < 4.78 is 11.7. The zero-order valence-corrected chi connectivity index (χ0v) is 4.21. The molecule has 1 aromatic rings. The Labute approximate surface area is 46.4 Å². The fraction of sp³-hybridized carbons (Fsp3) is 0.200. The maximum Gasteiger partial charge on any atom is 0.116 e. The Morgan fingerprint density at radius 2 is 2.38 bits per heavy atom. The number of rotatable bonds is 1. The van der Waals surface area contributed by atoms with E-state index in [-0.39, 0.29) is 0 Å². The average molecular weight is 112 g/mol. The van der Waals surface area contributed by atoms with Gasteiger partial charge in [0.1, 0.15) is 6.67 Å². The van der Waals surface area contributed by atoms with Crippen molar-refractivity contribution in [3.63, 3.8) is 0 Å². The van der Waals surface area contributed by atoms with Crippen molar-refractivity contribution in [1.82, 2.24) is 10.2 Å². The summed E-state index contributed by atoms with van der Waals surface area (Å²) in [6.45, 7) is -0.463. The standard InChI is InChI=1S/C5H5FN2/c6-3-5-1-2-7-8-4-5/h1-2,4H,3H2. The largest absolute Gasteiger partial charge is 0.246 e. The van der Waals surface area contributed by atoms with Gasteiger partial charge in [0.05, 0.1) is 6.20 Å². The van der Waals surface area contributed by atoms with Crippen molar-refractivity contribution in [2.75, 3.05) is 0 Å². The van der Waals surface area contributed by atoms with Crippen molar-refractivity contribution in [3.05, 3.63) is 24.0 Å². The third-order valence-corrected chi connectivity index (χ3v) is 0.800. The number of alkyl halides is 1. The molecule has 0 amide bonds. The van der Waals surface area contributed by atoms with Crippen LogP contribution in [0.25, 0.3) is 0 Å². The number of halogens is 1. The van der Waals surface area contributed by atoms with Gasteiger partial charge in [-0.3, -0.25) is 0 Å². The van der Waals surface area contributed by atoms with Gasteiger partial charge >= 0.3 is 0 Å². The lowest BCUT2D eigenvalue weighted by molar-refractivity contribution is 0.483. The van der Waals surface area contributed by atoms with E-state index in [0.29, 0.717) is 5.56 Å². The molecule has 0 saturated heterocycles. The summed E-state index contributed by atoms with van der Waals surface area (Å²) in [6.07, 6.45) is 2.87. The molecule has 0 saturated carbocycles. The van der Waals surface area contributed by atoms with Gasteiger partial charge in [-0.2, -0.15) is 10.2 Å². The van der Waals surface area contributed by atoms with Crippen LogP contribution in [0, 0.1) is 0 Å². The Morgan fingerprint density at radius 3 is 2.75 bits per heavy atom. The maximum atomic E-state index is 11.7. The molecule has 2 nitrogen and oxygen atoms in total. The zero-order valence-electron chi connectivity index (χ0n) is 4.21. The highest BCUT2D eigenvalue weighted by Gasteiger charge is 1.85. The van der Waals surface area contributed by atoms with Gasteiger partial charge < -0.3 is 0 Å². The van der Waals surface area contributed by atoms with E-state index in [2.05, 4.69) is 10.2 Å². The zero-order chi connectivity index (χ0) is 5.82. The summed E-state index contributed by atoms with van der Waals surface area (Å²) in [5.74, 6) is 0. The summed E-state index contributed by atoms with van der Waals surface area (Å²) in [4.78, 5) is 0. The molecule has 0 radical (unpaired) electrons. The van der Waals surface area contributed by atoms with Gasteiger partial charge in [-0.25, -0.2) is 4.39 Å². The van der Waals surface area contributed by atoms with Crippen LogP contribution in [0.2, 0.25) is 0 Å². The van der Waals surface area contributed by atoms with Gasteiger partial charge in [0.15, 0.2) is 0 Å². The Balaban J connectivity index is 2.83. The second-order valence-electron chi connectivity index (χ2n) is 1.38. The molecule has 1 aromatic heterocycles. The monoisotopic (exact) mass is 112 g/mol. The first kappa shape index (κ1) is 5.15. The van der Waals surface area contributed by atoms with Gasteiger partial charge in [0, 0.05) is 11.8 Å². The van der Waals surface area contributed by atoms with E-state index in [4.69, 9.17) is 0 Å². The van der Waals surface area contributed by atoms with Crippen LogP contribution in [0.3, 0.4) is 0 Å². The van der Waals surface area contributed by atoms with Crippen molar-refractivity contribution < 1.29 is 4.39 Å². The molecule has 0 aliphatic rings. The molecular weight excluding hydrogens is 107 g/mol. The Morgan fingerprint density at radius 1 is 1.50 bits per heavy atom. The molecule has 1 rings (SSSR count). The molecule has 0 N–H and O–H groups in total. The number of hydrogen-bond acceptors (Lipinski definition) is 2. The molecular formula is C5H5FN2. The van der Waals surface area contributed by atoms with E-state index in [1.807, 2.05) is 0 Å². The molecule has 42 valence electrons. The van der Waals surface area contributed by atoms with Crippen LogP contribution in [0.1, 0.15) is 5.56 Å². The van der Waals surface area contributed by atoms with E-state index < -0.39 is 6.67 Å². The van der Waals surface area contributed by atoms with Crippen LogP contribution in [-0.4, -0.2) is 10.2 Å². The van der Waals surface area contributed by atoms with E-state index >= 15 is 0 Å². The SMILES string of the molecule is FCc1ccnnc1. The highest BCUT2D eigenvalue weighted by molar-refractivity contribution is 5.02. The Kier molecular flexibility index (Phi) is 1.51. The lowest BCUT2D eigenvalue weighted by Gasteiger charge is -1.85. The van der Waals surface area contributed by atoms with Crippen LogP contribution < -0.4 is 0 Å². The van der Waals surface area contributed by atoms with Gasteiger partial charge in [-0.05, 0) is 6.07 Å². The first-order valence-corrected chi connectivity index (χ1v) is 2.25. The normalized spacial score (nSPS) is 9.12. The first-order chi connectivity index (χ1) is 3.93. The molecule has 3 heteroatoms. The molecule has 8 heavy (non-hydrogen) atoms. The van der Waals surface area contributed by atoms with Gasteiger partial charge in [-0.15, -0.1) is 0 Å².